The summed E-state index contributed by atoms with van der Waals surface area (Å²) < 4.78 is 11.2. The van der Waals surface area contributed by atoms with Crippen molar-refractivity contribution in [2.45, 2.75) is 31.8 Å². The van der Waals surface area contributed by atoms with Crippen LogP contribution >= 0.6 is 0 Å². The number of para-hydroxylation sites is 1. The largest absolute Gasteiger partial charge is 0.489 e. The van der Waals surface area contributed by atoms with Crippen molar-refractivity contribution in [2.75, 3.05) is 26.8 Å². The van der Waals surface area contributed by atoms with Gasteiger partial charge >= 0.3 is 0 Å². The Morgan fingerprint density at radius 1 is 1.12 bits per heavy atom. The predicted molar refractivity (Wildman–Crippen MR) is 127 cm³/mol. The Bertz CT molecular complexity index is 908. The van der Waals surface area contributed by atoms with E-state index in [1.807, 2.05) is 48.5 Å². The van der Waals surface area contributed by atoms with E-state index in [1.165, 1.54) is 5.56 Å². The molecular weight excluding hydrogens is 404 g/mol. The zero-order chi connectivity index (χ0) is 22.6. The van der Waals surface area contributed by atoms with Gasteiger partial charge < -0.3 is 25.4 Å². The van der Waals surface area contributed by atoms with E-state index in [-0.39, 0.29) is 12.5 Å². The molecule has 1 saturated carbocycles. The lowest BCUT2D eigenvalue weighted by atomic mass is 10.1. The van der Waals surface area contributed by atoms with Crippen LogP contribution in [0.25, 0.3) is 0 Å². The number of nitrogens with zero attached hydrogens (tertiary/aromatic N) is 1. The van der Waals surface area contributed by atoms with Crippen LogP contribution in [0.5, 0.6) is 11.5 Å². The van der Waals surface area contributed by atoms with Gasteiger partial charge in [0.2, 0.25) is 0 Å². The van der Waals surface area contributed by atoms with Crippen LogP contribution < -0.4 is 25.4 Å². The fourth-order valence-electron chi connectivity index (χ4n) is 3.06. The molecule has 1 aliphatic rings. The lowest BCUT2D eigenvalue weighted by Crippen LogP contribution is -2.37. The minimum Gasteiger partial charge on any atom is -0.489 e. The zero-order valence-corrected chi connectivity index (χ0v) is 18.6. The second-order valence-corrected chi connectivity index (χ2v) is 7.58. The average molecular weight is 437 g/mol. The average Bonchev–Trinajstić information content (AvgIpc) is 3.64. The second-order valence-electron chi connectivity index (χ2n) is 7.58. The third kappa shape index (κ3) is 7.98. The number of aliphatic imine (C=N–C) groups is 1. The standard InChI is InChI=1S/C25H32N4O3/c1-3-16-31-23-7-5-4-6-20(23)17-28-25(26-2)27-15-14-19-8-12-22(13-9-19)32-18-24(30)29-21-10-11-21/h3-9,12-13,21H,1,10-11,14-18H2,2H3,(H,29,30)(H2,26,27,28). The fourth-order valence-corrected chi connectivity index (χ4v) is 3.06. The third-order valence-corrected chi connectivity index (χ3v) is 4.94. The van der Waals surface area contributed by atoms with Gasteiger partial charge in [0, 0.05) is 31.7 Å². The van der Waals surface area contributed by atoms with Crippen LogP contribution in [0.3, 0.4) is 0 Å². The maximum Gasteiger partial charge on any atom is 0.258 e. The first-order valence-electron chi connectivity index (χ1n) is 10.9. The SMILES string of the molecule is C=CCOc1ccccc1CNC(=NC)NCCc1ccc(OCC(=O)NC2CC2)cc1. The molecule has 1 fully saturated rings. The molecule has 170 valence electrons. The molecule has 2 aromatic rings. The van der Waals surface area contributed by atoms with Crippen molar-refractivity contribution in [3.05, 3.63) is 72.3 Å². The van der Waals surface area contributed by atoms with Gasteiger partial charge in [0.15, 0.2) is 12.6 Å². The van der Waals surface area contributed by atoms with Crippen molar-refractivity contribution in [1.82, 2.24) is 16.0 Å². The summed E-state index contributed by atoms with van der Waals surface area (Å²) in [4.78, 5) is 16.0. The summed E-state index contributed by atoms with van der Waals surface area (Å²) in [5, 5.41) is 9.56. The molecule has 3 N–H and O–H groups in total. The first-order valence-corrected chi connectivity index (χ1v) is 10.9. The number of benzene rings is 2. The van der Waals surface area contributed by atoms with Crippen LogP contribution in [0, 0.1) is 0 Å². The molecule has 0 aromatic heterocycles. The molecule has 1 amide bonds. The van der Waals surface area contributed by atoms with E-state index in [4.69, 9.17) is 9.47 Å². The highest BCUT2D eigenvalue weighted by atomic mass is 16.5. The van der Waals surface area contributed by atoms with Gasteiger partial charge in [-0.2, -0.15) is 0 Å². The summed E-state index contributed by atoms with van der Waals surface area (Å²) in [6, 6.07) is 16.1. The van der Waals surface area contributed by atoms with Crippen LogP contribution in [0.1, 0.15) is 24.0 Å². The number of hydrogen-bond donors (Lipinski definition) is 3. The lowest BCUT2D eigenvalue weighted by molar-refractivity contribution is -0.123. The molecule has 7 heteroatoms. The number of carbonyl (C=O) groups is 1. The lowest BCUT2D eigenvalue weighted by Gasteiger charge is -2.14. The van der Waals surface area contributed by atoms with Gasteiger partial charge in [-0.1, -0.05) is 43.0 Å². The van der Waals surface area contributed by atoms with Crippen LogP contribution in [-0.2, 0) is 17.8 Å². The Kier molecular flexibility index (Phi) is 8.98. The molecule has 0 bridgehead atoms. The van der Waals surface area contributed by atoms with Crippen LogP contribution in [-0.4, -0.2) is 44.7 Å². The van der Waals surface area contributed by atoms with E-state index in [0.29, 0.717) is 24.9 Å². The van der Waals surface area contributed by atoms with Crippen molar-refractivity contribution < 1.29 is 14.3 Å². The molecule has 3 rings (SSSR count). The predicted octanol–water partition coefficient (Wildman–Crippen LogP) is 2.82. The Morgan fingerprint density at radius 2 is 1.91 bits per heavy atom. The van der Waals surface area contributed by atoms with Crippen molar-refractivity contribution in [3.63, 3.8) is 0 Å². The Balaban J connectivity index is 1.38. The van der Waals surface area contributed by atoms with Crippen LogP contribution in [0.15, 0.2) is 66.2 Å². The van der Waals surface area contributed by atoms with Gasteiger partial charge in [0.05, 0.1) is 0 Å². The highest BCUT2D eigenvalue weighted by Crippen LogP contribution is 2.19. The summed E-state index contributed by atoms with van der Waals surface area (Å²) in [5.74, 6) is 2.20. The highest BCUT2D eigenvalue weighted by molar-refractivity contribution is 5.79. The van der Waals surface area contributed by atoms with E-state index >= 15 is 0 Å². The first kappa shape index (κ1) is 23.2. The molecule has 2 aromatic carbocycles. The molecule has 0 aliphatic heterocycles. The van der Waals surface area contributed by atoms with Crippen LogP contribution in [0.4, 0.5) is 0 Å². The highest BCUT2D eigenvalue weighted by Gasteiger charge is 2.23. The minimum atomic E-state index is -0.0606. The summed E-state index contributed by atoms with van der Waals surface area (Å²) in [7, 11) is 1.75. The number of ether oxygens (including phenoxy) is 2. The molecule has 0 heterocycles. The van der Waals surface area contributed by atoms with E-state index < -0.39 is 0 Å². The molecule has 7 nitrogen and oxygen atoms in total. The summed E-state index contributed by atoms with van der Waals surface area (Å²) in [6.07, 6.45) is 4.72. The van der Waals surface area contributed by atoms with Crippen LogP contribution in [0.2, 0.25) is 0 Å². The minimum absolute atomic E-state index is 0.0567. The molecular formula is C25H32N4O3. The monoisotopic (exact) mass is 436 g/mol. The number of hydrogen-bond acceptors (Lipinski definition) is 4. The van der Waals surface area contributed by atoms with Gasteiger partial charge in [0.1, 0.15) is 18.1 Å². The quantitative estimate of drug-likeness (QED) is 0.271. The topological polar surface area (TPSA) is 84.0 Å². The summed E-state index contributed by atoms with van der Waals surface area (Å²) in [5.41, 5.74) is 2.23. The van der Waals surface area contributed by atoms with E-state index in [9.17, 15) is 4.79 Å². The normalized spacial score (nSPS) is 13.2. The van der Waals surface area contributed by atoms with Gasteiger partial charge in [0.25, 0.3) is 5.91 Å². The molecule has 1 aliphatic carbocycles. The van der Waals surface area contributed by atoms with E-state index in [2.05, 4.69) is 27.5 Å². The smallest absolute Gasteiger partial charge is 0.258 e. The summed E-state index contributed by atoms with van der Waals surface area (Å²) in [6.45, 7) is 5.56. The number of guanidine groups is 1. The second kappa shape index (κ2) is 12.4. The molecule has 32 heavy (non-hydrogen) atoms. The molecule has 0 unspecified atom stereocenters. The number of nitrogens with one attached hydrogen (secondary N) is 3. The molecule has 0 saturated heterocycles. The zero-order valence-electron chi connectivity index (χ0n) is 18.6. The fraction of sp³-hybridized carbons (Fsp3) is 0.360. The maximum atomic E-state index is 11.7. The maximum absolute atomic E-state index is 11.7. The number of amides is 1. The Hall–Kier alpha value is -3.48. The first-order chi connectivity index (χ1) is 15.7. The summed E-state index contributed by atoms with van der Waals surface area (Å²) >= 11 is 0. The van der Waals surface area contributed by atoms with E-state index in [0.717, 1.165) is 43.1 Å². The van der Waals surface area contributed by atoms with Crippen molar-refractivity contribution >= 4 is 11.9 Å². The van der Waals surface area contributed by atoms with Gasteiger partial charge in [-0.25, -0.2) is 0 Å². The van der Waals surface area contributed by atoms with Gasteiger partial charge in [-0.15, -0.1) is 0 Å². The van der Waals surface area contributed by atoms with Gasteiger partial charge in [-0.3, -0.25) is 9.79 Å². The van der Waals surface area contributed by atoms with Crippen molar-refractivity contribution in [3.8, 4) is 11.5 Å². The molecule has 0 spiro atoms. The van der Waals surface area contributed by atoms with Crippen molar-refractivity contribution in [2.24, 2.45) is 4.99 Å². The molecule has 0 atom stereocenters. The van der Waals surface area contributed by atoms with E-state index in [1.54, 1.807) is 13.1 Å². The van der Waals surface area contributed by atoms with Crippen molar-refractivity contribution in [1.29, 1.82) is 0 Å². The number of carbonyl (C=O) groups excluding carboxylic acids is 1. The Morgan fingerprint density at radius 3 is 2.62 bits per heavy atom. The molecule has 0 radical (unpaired) electrons. The third-order valence-electron chi connectivity index (χ3n) is 4.94. The number of rotatable bonds is 12. The van der Waals surface area contributed by atoms with Gasteiger partial charge in [-0.05, 0) is 43.0 Å². The Labute approximate surface area is 189 Å².